The highest BCUT2D eigenvalue weighted by atomic mass is 79.9. The van der Waals surface area contributed by atoms with Crippen LogP contribution in [0.15, 0.2) is 20.5 Å². The molecule has 1 rings (SSSR count). The van der Waals surface area contributed by atoms with Crippen LogP contribution in [0.4, 0.5) is 15.8 Å². The number of aliphatic imine (C=N–C) groups is 2. The second-order valence-electron chi connectivity index (χ2n) is 3.45. The van der Waals surface area contributed by atoms with Gasteiger partial charge in [0.1, 0.15) is 0 Å². The van der Waals surface area contributed by atoms with Crippen molar-refractivity contribution in [3.63, 3.8) is 0 Å². The number of hydrogen-bond acceptors (Lipinski definition) is 3. The molecule has 0 saturated heterocycles. The summed E-state index contributed by atoms with van der Waals surface area (Å²) < 4.78 is 13.5. The SMILES string of the molecule is Cc1cc([N+](=O)[O-])c(F)c(Br)c1N=C(N)N=C(N)N. The highest BCUT2D eigenvalue weighted by Gasteiger charge is 2.22. The van der Waals surface area contributed by atoms with Gasteiger partial charge >= 0.3 is 5.69 Å². The van der Waals surface area contributed by atoms with E-state index in [1.54, 1.807) is 0 Å². The normalized spacial score (nSPS) is 11.2. The Balaban J connectivity index is 3.44. The minimum absolute atomic E-state index is 0.0746. The molecule has 0 aliphatic heterocycles. The second-order valence-corrected chi connectivity index (χ2v) is 4.25. The van der Waals surface area contributed by atoms with Crippen molar-refractivity contribution in [2.75, 3.05) is 0 Å². The number of guanidine groups is 2. The van der Waals surface area contributed by atoms with E-state index in [0.717, 1.165) is 6.07 Å². The fourth-order valence-corrected chi connectivity index (χ4v) is 1.87. The number of nitrogens with two attached hydrogens (primary N) is 3. The Hall–Kier alpha value is -2.23. The van der Waals surface area contributed by atoms with Crippen molar-refractivity contribution in [2.45, 2.75) is 6.92 Å². The van der Waals surface area contributed by atoms with Crippen molar-refractivity contribution in [3.8, 4) is 0 Å². The van der Waals surface area contributed by atoms with Gasteiger partial charge in [-0.1, -0.05) is 0 Å². The summed E-state index contributed by atoms with van der Waals surface area (Å²) in [5.41, 5.74) is 15.4. The minimum Gasteiger partial charge on any atom is -0.370 e. The average Bonchev–Trinajstić information content (AvgIpc) is 2.28. The Kier molecular flexibility index (Phi) is 4.38. The zero-order valence-electron chi connectivity index (χ0n) is 9.72. The zero-order chi connectivity index (χ0) is 14.7. The van der Waals surface area contributed by atoms with E-state index in [4.69, 9.17) is 17.2 Å². The third-order valence-corrected chi connectivity index (χ3v) is 2.74. The number of hydrogen-bond donors (Lipinski definition) is 3. The summed E-state index contributed by atoms with van der Waals surface area (Å²) in [6.45, 7) is 1.51. The molecule has 0 radical (unpaired) electrons. The van der Waals surface area contributed by atoms with Crippen molar-refractivity contribution >= 4 is 39.2 Å². The van der Waals surface area contributed by atoms with Crippen LogP contribution in [0.2, 0.25) is 0 Å². The van der Waals surface area contributed by atoms with Crippen molar-refractivity contribution < 1.29 is 9.31 Å². The predicted molar refractivity (Wildman–Crippen MR) is 72.6 cm³/mol. The monoisotopic (exact) mass is 332 g/mol. The van der Waals surface area contributed by atoms with E-state index in [-0.39, 0.29) is 22.1 Å². The van der Waals surface area contributed by atoms with Gasteiger partial charge in [-0.05, 0) is 28.4 Å². The predicted octanol–water partition coefficient (Wildman–Crippen LogP) is 1.02. The summed E-state index contributed by atoms with van der Waals surface area (Å²) in [5.74, 6) is -1.65. The largest absolute Gasteiger partial charge is 0.370 e. The zero-order valence-corrected chi connectivity index (χ0v) is 11.3. The van der Waals surface area contributed by atoms with Crippen LogP contribution in [0.5, 0.6) is 0 Å². The summed E-state index contributed by atoms with van der Waals surface area (Å²) >= 11 is 2.89. The highest BCUT2D eigenvalue weighted by molar-refractivity contribution is 9.10. The van der Waals surface area contributed by atoms with Crippen LogP contribution in [-0.4, -0.2) is 16.8 Å². The number of nitro groups is 1. The average molecular weight is 333 g/mol. The van der Waals surface area contributed by atoms with Crippen molar-refractivity contribution in [3.05, 3.63) is 32.0 Å². The lowest BCUT2D eigenvalue weighted by molar-refractivity contribution is -0.387. The molecule has 0 aliphatic carbocycles. The molecule has 0 heterocycles. The molecule has 0 bridgehead atoms. The van der Waals surface area contributed by atoms with Crippen LogP contribution < -0.4 is 17.2 Å². The number of benzene rings is 1. The van der Waals surface area contributed by atoms with Gasteiger partial charge in [0.15, 0.2) is 5.96 Å². The Labute approximate surface area is 115 Å². The van der Waals surface area contributed by atoms with Crippen LogP contribution in [0.1, 0.15) is 5.56 Å². The van der Waals surface area contributed by atoms with E-state index in [1.807, 2.05) is 0 Å². The number of rotatable bonds is 2. The molecule has 0 fully saturated rings. The standard InChI is InChI=1S/C9H10BrFN6O2/c1-3-2-4(17(18)19)6(11)5(10)7(3)15-9(14)16-8(12)13/h2H,1H3,(H6,12,13,14,15,16). The van der Waals surface area contributed by atoms with E-state index in [1.165, 1.54) is 6.92 Å². The maximum absolute atomic E-state index is 13.7. The Bertz CT molecular complexity index is 597. The summed E-state index contributed by atoms with van der Waals surface area (Å²) in [6, 6.07) is 1.04. The first kappa shape index (κ1) is 14.8. The van der Waals surface area contributed by atoms with Crippen LogP contribution in [-0.2, 0) is 0 Å². The van der Waals surface area contributed by atoms with E-state index in [0.29, 0.717) is 5.56 Å². The number of nitro benzene ring substituents is 1. The third-order valence-electron chi connectivity index (χ3n) is 2.02. The van der Waals surface area contributed by atoms with Gasteiger partial charge in [-0.15, -0.1) is 0 Å². The Morgan fingerprint density at radius 2 is 2.05 bits per heavy atom. The lowest BCUT2D eigenvalue weighted by Gasteiger charge is -2.05. The molecule has 1 aromatic carbocycles. The molecule has 10 heteroatoms. The molecule has 0 aromatic heterocycles. The van der Waals surface area contributed by atoms with Crippen molar-refractivity contribution in [1.82, 2.24) is 0 Å². The fourth-order valence-electron chi connectivity index (χ4n) is 1.27. The first-order valence-corrected chi connectivity index (χ1v) is 5.60. The lowest BCUT2D eigenvalue weighted by Crippen LogP contribution is -2.26. The van der Waals surface area contributed by atoms with Gasteiger partial charge in [-0.3, -0.25) is 10.1 Å². The first-order valence-electron chi connectivity index (χ1n) is 4.80. The first-order chi connectivity index (χ1) is 8.73. The maximum atomic E-state index is 13.7. The topological polar surface area (TPSA) is 146 Å². The summed E-state index contributed by atoms with van der Waals surface area (Å²) in [7, 11) is 0. The van der Waals surface area contributed by atoms with Crippen LogP contribution >= 0.6 is 15.9 Å². The molecule has 0 atom stereocenters. The highest BCUT2D eigenvalue weighted by Crippen LogP contribution is 2.36. The number of halogens is 2. The second kappa shape index (κ2) is 5.61. The molecule has 0 saturated carbocycles. The Morgan fingerprint density at radius 3 is 2.53 bits per heavy atom. The molecule has 0 unspecified atom stereocenters. The molecular weight excluding hydrogens is 323 g/mol. The minimum atomic E-state index is -1.05. The summed E-state index contributed by atoms with van der Waals surface area (Å²) in [6.07, 6.45) is 0. The van der Waals surface area contributed by atoms with Gasteiger partial charge in [-0.25, -0.2) is 4.99 Å². The summed E-state index contributed by atoms with van der Waals surface area (Å²) in [4.78, 5) is 17.1. The van der Waals surface area contributed by atoms with E-state index in [2.05, 4.69) is 25.9 Å². The van der Waals surface area contributed by atoms with Crippen LogP contribution in [0.3, 0.4) is 0 Å². The van der Waals surface area contributed by atoms with Gasteiger partial charge in [0.05, 0.1) is 15.1 Å². The molecule has 0 amide bonds. The van der Waals surface area contributed by atoms with E-state index >= 15 is 0 Å². The lowest BCUT2D eigenvalue weighted by atomic mass is 10.2. The van der Waals surface area contributed by atoms with Crippen molar-refractivity contribution in [1.29, 1.82) is 0 Å². The molecule has 0 aliphatic rings. The molecule has 102 valence electrons. The quantitative estimate of drug-likeness (QED) is 0.320. The molecule has 6 N–H and O–H groups in total. The van der Waals surface area contributed by atoms with E-state index in [9.17, 15) is 14.5 Å². The van der Waals surface area contributed by atoms with Gasteiger partial charge < -0.3 is 17.2 Å². The Morgan fingerprint density at radius 1 is 1.47 bits per heavy atom. The number of nitrogens with zero attached hydrogens (tertiary/aromatic N) is 3. The molecule has 1 aromatic rings. The van der Waals surface area contributed by atoms with Gasteiger partial charge in [-0.2, -0.15) is 9.38 Å². The summed E-state index contributed by atoms with van der Waals surface area (Å²) in [5, 5.41) is 10.6. The van der Waals surface area contributed by atoms with E-state index < -0.39 is 16.4 Å². The number of aryl methyl sites for hydroxylation is 1. The smallest absolute Gasteiger partial charge is 0.306 e. The van der Waals surface area contributed by atoms with Gasteiger partial charge in [0.2, 0.25) is 11.8 Å². The molecular formula is C9H10BrFN6O2. The van der Waals surface area contributed by atoms with Gasteiger partial charge in [0, 0.05) is 6.07 Å². The van der Waals surface area contributed by atoms with Crippen LogP contribution in [0, 0.1) is 22.9 Å². The third kappa shape index (κ3) is 3.37. The van der Waals surface area contributed by atoms with Gasteiger partial charge in [0.25, 0.3) is 0 Å². The molecule has 0 spiro atoms. The molecule has 19 heavy (non-hydrogen) atoms. The molecule has 8 nitrogen and oxygen atoms in total. The van der Waals surface area contributed by atoms with Crippen LogP contribution in [0.25, 0.3) is 0 Å². The fraction of sp³-hybridized carbons (Fsp3) is 0.111. The maximum Gasteiger partial charge on any atom is 0.306 e. The van der Waals surface area contributed by atoms with Crippen molar-refractivity contribution in [2.24, 2.45) is 27.2 Å².